The maximum atomic E-state index is 15.9. The van der Waals surface area contributed by atoms with Gasteiger partial charge in [0.1, 0.15) is 36.3 Å². The summed E-state index contributed by atoms with van der Waals surface area (Å²) in [7, 11) is -9.71. The van der Waals surface area contributed by atoms with E-state index in [4.69, 9.17) is 29.6 Å². The van der Waals surface area contributed by atoms with Gasteiger partial charge in [-0.15, -0.1) is 0 Å². The molecular formula is C20H23F2N12O9PS. The molecule has 7 rings (SSSR count). The normalized spacial score (nSPS) is 35.5. The van der Waals surface area contributed by atoms with Crippen LogP contribution in [0.25, 0.3) is 22.3 Å². The fourth-order valence-electron chi connectivity index (χ4n) is 5.36. The summed E-state index contributed by atoms with van der Waals surface area (Å²) in [6.45, 7) is -1.45. The molecule has 0 saturated carbocycles. The number of imidazole rings is 2. The van der Waals surface area contributed by atoms with Gasteiger partial charge in [0.25, 0.3) is 5.56 Å². The van der Waals surface area contributed by atoms with E-state index in [1.54, 1.807) is 0 Å². The number of rotatable bonds is 2. The van der Waals surface area contributed by atoms with Crippen molar-refractivity contribution in [3.63, 3.8) is 0 Å². The Morgan fingerprint density at radius 1 is 0.956 bits per heavy atom. The zero-order valence-corrected chi connectivity index (χ0v) is 24.1. The smallest absolute Gasteiger partial charge is 0.382 e. The van der Waals surface area contributed by atoms with Gasteiger partial charge in [-0.05, 0) is 0 Å². The van der Waals surface area contributed by atoms with E-state index in [1.165, 1.54) is 0 Å². The van der Waals surface area contributed by atoms with E-state index in [-0.39, 0.29) is 34.1 Å². The molecule has 0 amide bonds. The molecule has 7 heterocycles. The summed E-state index contributed by atoms with van der Waals surface area (Å²) in [6.07, 6.45) is -11.1. The summed E-state index contributed by atoms with van der Waals surface area (Å²) in [6, 6.07) is 0. The molecule has 21 nitrogen and oxygen atoms in total. The van der Waals surface area contributed by atoms with E-state index in [9.17, 15) is 22.7 Å². The van der Waals surface area contributed by atoms with Gasteiger partial charge < -0.3 is 25.8 Å². The van der Waals surface area contributed by atoms with Crippen LogP contribution in [0.4, 0.5) is 20.5 Å². The minimum Gasteiger partial charge on any atom is -0.382 e. The first-order chi connectivity index (χ1) is 21.3. The molecule has 25 heteroatoms. The van der Waals surface area contributed by atoms with Gasteiger partial charge in [0.05, 0.1) is 12.7 Å². The first kappa shape index (κ1) is 29.9. The van der Waals surface area contributed by atoms with Crippen LogP contribution in [0, 0.1) is 0 Å². The quantitative estimate of drug-likeness (QED) is 0.124. The van der Waals surface area contributed by atoms with Crippen LogP contribution < -0.4 is 26.8 Å². The molecule has 3 fully saturated rings. The van der Waals surface area contributed by atoms with Crippen LogP contribution in [-0.2, 0) is 33.0 Å². The second-order valence-electron chi connectivity index (χ2n) is 10.2. The molecule has 0 bridgehead atoms. The molecular weight excluding hydrogens is 653 g/mol. The number of fused-ring (bicyclic) bond motifs is 4. The van der Waals surface area contributed by atoms with Crippen molar-refractivity contribution in [1.29, 1.82) is 0 Å². The lowest BCUT2D eigenvalue weighted by Crippen LogP contribution is -2.46. The van der Waals surface area contributed by atoms with Gasteiger partial charge >= 0.3 is 18.1 Å². The molecule has 3 aliphatic rings. The summed E-state index contributed by atoms with van der Waals surface area (Å²) >= 11 is 0. The monoisotopic (exact) mass is 676 g/mol. The molecule has 4 aromatic heterocycles. The van der Waals surface area contributed by atoms with Crippen molar-refractivity contribution in [3.8, 4) is 0 Å². The Bertz CT molecular complexity index is 2010. The highest BCUT2D eigenvalue weighted by molar-refractivity contribution is 7.84. The molecule has 45 heavy (non-hydrogen) atoms. The molecule has 4 aromatic rings. The number of hydrogen-bond acceptors (Lipinski definition) is 15. The molecule has 9 atom stereocenters. The summed E-state index contributed by atoms with van der Waals surface area (Å²) in [5.74, 6) is -0.308. The number of nitrogen functional groups attached to an aromatic ring is 2. The number of H-pyrrole nitrogens is 1. The number of nitrogens with two attached hydrogens (primary N) is 2. The summed E-state index contributed by atoms with van der Waals surface area (Å²) < 4.78 is 96.8. The van der Waals surface area contributed by atoms with Crippen molar-refractivity contribution in [2.24, 2.45) is 0 Å². The minimum atomic E-state index is -4.92. The van der Waals surface area contributed by atoms with Gasteiger partial charge in [0.15, 0.2) is 47.4 Å². The molecule has 0 radical (unpaired) electrons. The molecule has 0 aromatic carbocycles. The highest BCUT2D eigenvalue weighted by atomic mass is 32.2. The van der Waals surface area contributed by atoms with Crippen LogP contribution in [-0.4, -0.2) is 102 Å². The van der Waals surface area contributed by atoms with Crippen molar-refractivity contribution < 1.29 is 44.8 Å². The largest absolute Gasteiger partial charge is 0.403 e. The Kier molecular flexibility index (Phi) is 7.10. The highest BCUT2D eigenvalue weighted by Crippen LogP contribution is 2.46. The predicted molar refractivity (Wildman–Crippen MR) is 144 cm³/mol. The van der Waals surface area contributed by atoms with E-state index in [2.05, 4.69) is 35.0 Å². The van der Waals surface area contributed by atoms with Gasteiger partial charge in [-0.2, -0.15) is 18.1 Å². The Labute approximate surface area is 249 Å². The fraction of sp³-hybridized carbons (Fsp3) is 0.500. The van der Waals surface area contributed by atoms with Crippen LogP contribution in [0.5, 0.6) is 0 Å². The molecule has 1 unspecified atom stereocenters. The van der Waals surface area contributed by atoms with Crippen molar-refractivity contribution in [2.75, 3.05) is 24.6 Å². The van der Waals surface area contributed by atoms with Crippen LogP contribution in [0.3, 0.4) is 0 Å². The van der Waals surface area contributed by atoms with E-state index in [1.807, 2.05) is 4.72 Å². The summed E-state index contributed by atoms with van der Waals surface area (Å²) in [5, 5.41) is 2.15. The molecule has 3 saturated heterocycles. The molecule has 8 N–H and O–H groups in total. The summed E-state index contributed by atoms with van der Waals surface area (Å²) in [4.78, 5) is 44.7. The highest BCUT2D eigenvalue weighted by Gasteiger charge is 2.53. The van der Waals surface area contributed by atoms with Gasteiger partial charge in [0, 0.05) is 13.1 Å². The second kappa shape index (κ2) is 10.7. The lowest BCUT2D eigenvalue weighted by molar-refractivity contribution is -0.0228. The van der Waals surface area contributed by atoms with Gasteiger partial charge in [0.2, 0.25) is 5.95 Å². The SMILES string of the molecule is Nc1nc2c(ncn2[C@@H]2O[C@@H]3CNS(=O)(=O)O[C@H]4[C@@H](F)[C@H](n5cnc6c(N)ncnc65)O[C@@H]4CNP(=O)(O)O[C@H]3[C@H]2F)c(=O)[nH]1. The number of nitrogens with zero attached hydrogens (tertiary/aromatic N) is 7. The van der Waals surface area contributed by atoms with Crippen LogP contribution in [0.2, 0.25) is 0 Å². The van der Waals surface area contributed by atoms with Crippen LogP contribution >= 0.6 is 7.75 Å². The zero-order valence-electron chi connectivity index (χ0n) is 22.4. The third kappa shape index (κ3) is 5.22. The first-order valence-electron chi connectivity index (χ1n) is 13.0. The van der Waals surface area contributed by atoms with Crippen LogP contribution in [0.15, 0.2) is 23.8 Å². The fourth-order valence-corrected chi connectivity index (χ4v) is 7.39. The predicted octanol–water partition coefficient (Wildman–Crippen LogP) is -2.10. The maximum Gasteiger partial charge on any atom is 0.403 e. The van der Waals surface area contributed by atoms with Crippen LogP contribution in [0.1, 0.15) is 12.5 Å². The Morgan fingerprint density at radius 2 is 1.60 bits per heavy atom. The van der Waals surface area contributed by atoms with Crippen molar-refractivity contribution >= 4 is 52.1 Å². The third-order valence-corrected chi connectivity index (χ3v) is 9.48. The number of halogens is 2. The Hall–Kier alpha value is -3.74. The molecule has 242 valence electrons. The average molecular weight is 677 g/mol. The van der Waals surface area contributed by atoms with Gasteiger partial charge in [-0.3, -0.25) is 23.4 Å². The van der Waals surface area contributed by atoms with E-state index >= 15 is 8.78 Å². The number of aromatic amines is 1. The molecule has 0 spiro atoms. The number of anilines is 2. The number of nitrogens with one attached hydrogen (secondary N) is 3. The maximum absolute atomic E-state index is 15.9. The van der Waals surface area contributed by atoms with Gasteiger partial charge in [-0.25, -0.2) is 42.6 Å². The average Bonchev–Trinajstić information content (AvgIpc) is 3.72. The minimum absolute atomic E-state index is 0.00170. The topological polar surface area (TPSA) is 292 Å². The first-order valence-corrected chi connectivity index (χ1v) is 16.0. The van der Waals surface area contributed by atoms with Crippen molar-refractivity contribution in [2.45, 2.75) is 49.2 Å². The van der Waals surface area contributed by atoms with Crippen molar-refractivity contribution in [1.82, 2.24) is 48.8 Å². The number of aromatic nitrogens is 8. The number of alkyl halides is 2. The zero-order chi connectivity index (χ0) is 31.8. The van der Waals surface area contributed by atoms with E-state index in [0.29, 0.717) is 0 Å². The second-order valence-corrected chi connectivity index (χ2v) is 13.2. The standard InChI is InChI=1S/C20H23F2N12O9PS/c21-8-12-7(41-18(8)34-5-28-11-16(34)31-20(24)32-17(11)35)2-30-45(38,39)43-13-6(1-29-44(36,37)42-12)40-19(9(13)22)33-4-27-10-14(23)25-3-26-15(10)33/h3-9,12-13,18-19,30H,1-2H2,(H2,23,25,26)(H2,29,36,37)(H3,24,31,32,35)/t6-,7-,8-,9-,12-,13-,18-,19-/m1/s1. The van der Waals surface area contributed by atoms with Crippen molar-refractivity contribution in [3.05, 3.63) is 29.3 Å². The molecule has 0 aliphatic carbocycles. The summed E-state index contributed by atoms with van der Waals surface area (Å²) in [5.41, 5.74) is 10.5. The number of hydrogen-bond donors (Lipinski definition) is 6. The lowest BCUT2D eigenvalue weighted by atomic mass is 10.1. The lowest BCUT2D eigenvalue weighted by Gasteiger charge is -2.26. The molecule has 3 aliphatic heterocycles. The van der Waals surface area contributed by atoms with E-state index < -0.39 is 85.9 Å². The Balaban J connectivity index is 1.17. The van der Waals surface area contributed by atoms with E-state index in [0.717, 1.165) is 28.1 Å². The Morgan fingerprint density at radius 3 is 2.33 bits per heavy atom. The van der Waals surface area contributed by atoms with Gasteiger partial charge in [-0.1, -0.05) is 0 Å². The third-order valence-electron chi connectivity index (χ3n) is 7.38. The number of ether oxygens (including phenoxy) is 2.